The van der Waals surface area contributed by atoms with Crippen LogP contribution in [0.25, 0.3) is 0 Å². The fourth-order valence-corrected chi connectivity index (χ4v) is 3.39. The number of nitrogens with zero attached hydrogens (tertiary/aromatic N) is 1. The lowest BCUT2D eigenvalue weighted by atomic mass is 10.1. The first-order chi connectivity index (χ1) is 16.3. The summed E-state index contributed by atoms with van der Waals surface area (Å²) in [4.78, 5) is 36.1. The highest BCUT2D eigenvalue weighted by atomic mass is 79.9. The number of benzene rings is 2. The van der Waals surface area contributed by atoms with Gasteiger partial charge in [-0.25, -0.2) is 5.43 Å². The van der Waals surface area contributed by atoms with Gasteiger partial charge >= 0.3 is 11.8 Å². The third kappa shape index (κ3) is 7.59. The van der Waals surface area contributed by atoms with Crippen molar-refractivity contribution in [3.63, 3.8) is 0 Å². The van der Waals surface area contributed by atoms with Crippen LogP contribution in [0.4, 0.5) is 5.69 Å². The molecule has 0 bridgehead atoms. The fraction of sp³-hybridized carbons (Fsp3) is 0.167. The summed E-state index contributed by atoms with van der Waals surface area (Å²) < 4.78 is 11.5. The second kappa shape index (κ2) is 11.8. The molecule has 0 radical (unpaired) electrons. The van der Waals surface area contributed by atoms with E-state index >= 15 is 0 Å². The monoisotopic (exact) mass is 526 g/mol. The molecule has 0 saturated carbocycles. The van der Waals surface area contributed by atoms with Gasteiger partial charge in [-0.2, -0.15) is 5.10 Å². The average molecular weight is 527 g/mol. The van der Waals surface area contributed by atoms with E-state index in [1.165, 1.54) is 12.5 Å². The number of halogens is 1. The molecule has 0 aliphatic rings. The van der Waals surface area contributed by atoms with Gasteiger partial charge in [0.05, 0.1) is 19.0 Å². The third-order valence-electron chi connectivity index (χ3n) is 4.42. The van der Waals surface area contributed by atoms with Gasteiger partial charge in [-0.1, -0.05) is 22.0 Å². The molecule has 2 aromatic carbocycles. The number of nitrogens with one attached hydrogen (secondary N) is 3. The number of carbonyl (C=O) groups is 3. The second-order valence-electron chi connectivity index (χ2n) is 7.36. The van der Waals surface area contributed by atoms with Gasteiger partial charge in [-0.3, -0.25) is 14.4 Å². The van der Waals surface area contributed by atoms with Crippen molar-refractivity contribution in [1.29, 1.82) is 0 Å². The summed E-state index contributed by atoms with van der Waals surface area (Å²) in [5, 5.41) is 9.03. The van der Waals surface area contributed by atoms with Gasteiger partial charge in [0.25, 0.3) is 5.91 Å². The third-order valence-corrected chi connectivity index (χ3v) is 4.91. The molecule has 0 spiro atoms. The Labute approximate surface area is 204 Å². The van der Waals surface area contributed by atoms with Crippen LogP contribution < -0.4 is 20.8 Å². The molecular weight excluding hydrogens is 504 g/mol. The van der Waals surface area contributed by atoms with Crippen molar-refractivity contribution in [1.82, 2.24) is 10.7 Å². The Morgan fingerprint density at radius 3 is 2.53 bits per heavy atom. The second-order valence-corrected chi connectivity index (χ2v) is 8.27. The SMILES string of the molecule is Cc1cc(C)cc(NC(=O)COc2ccc(Br)cc2/C=N\NC(=O)C(=O)NCc2ccco2)c1. The highest BCUT2D eigenvalue weighted by Crippen LogP contribution is 2.22. The zero-order valence-corrected chi connectivity index (χ0v) is 20.1. The van der Waals surface area contributed by atoms with E-state index in [2.05, 4.69) is 37.1 Å². The Balaban J connectivity index is 1.55. The van der Waals surface area contributed by atoms with E-state index in [9.17, 15) is 14.4 Å². The number of hydrazone groups is 1. The lowest BCUT2D eigenvalue weighted by Gasteiger charge is -2.11. The normalized spacial score (nSPS) is 10.7. The van der Waals surface area contributed by atoms with Gasteiger partial charge in [-0.15, -0.1) is 0 Å². The van der Waals surface area contributed by atoms with Crippen LogP contribution in [0.3, 0.4) is 0 Å². The molecule has 3 rings (SSSR count). The first-order valence-corrected chi connectivity index (χ1v) is 11.0. The number of anilines is 1. The molecule has 9 nitrogen and oxygen atoms in total. The molecule has 0 saturated heterocycles. The molecule has 3 N–H and O–H groups in total. The maximum Gasteiger partial charge on any atom is 0.329 e. The predicted molar refractivity (Wildman–Crippen MR) is 130 cm³/mol. The van der Waals surface area contributed by atoms with Gasteiger partial charge in [0.1, 0.15) is 11.5 Å². The summed E-state index contributed by atoms with van der Waals surface area (Å²) >= 11 is 3.36. The van der Waals surface area contributed by atoms with Crippen LogP contribution >= 0.6 is 15.9 Å². The molecule has 1 heterocycles. The first-order valence-electron chi connectivity index (χ1n) is 10.2. The van der Waals surface area contributed by atoms with Crippen molar-refractivity contribution in [3.05, 3.63) is 81.7 Å². The standard InChI is InChI=1S/C24H23BrN4O5/c1-15-8-16(2)10-19(9-15)28-22(30)14-34-21-6-5-18(25)11-17(21)12-27-29-24(32)23(31)26-13-20-4-3-7-33-20/h3-12H,13-14H2,1-2H3,(H,26,31)(H,28,30)(H,29,32)/b27-12-. The van der Waals surface area contributed by atoms with Crippen LogP contribution in [0.5, 0.6) is 5.75 Å². The van der Waals surface area contributed by atoms with Crippen molar-refractivity contribution in [3.8, 4) is 5.75 Å². The molecule has 1 aromatic heterocycles. The van der Waals surface area contributed by atoms with Gasteiger partial charge in [-0.05, 0) is 67.4 Å². The van der Waals surface area contributed by atoms with Crippen molar-refractivity contribution < 1.29 is 23.5 Å². The van der Waals surface area contributed by atoms with Crippen LogP contribution in [0.15, 0.2) is 68.8 Å². The Bertz CT molecular complexity index is 1190. The van der Waals surface area contributed by atoms with E-state index in [1.807, 2.05) is 32.0 Å². The largest absolute Gasteiger partial charge is 0.483 e. The number of rotatable bonds is 8. The van der Waals surface area contributed by atoms with Crippen LogP contribution in [-0.4, -0.2) is 30.5 Å². The van der Waals surface area contributed by atoms with E-state index in [-0.39, 0.29) is 19.1 Å². The number of carbonyl (C=O) groups excluding carboxylic acids is 3. The van der Waals surface area contributed by atoms with E-state index in [1.54, 1.807) is 30.3 Å². The molecule has 176 valence electrons. The van der Waals surface area contributed by atoms with Gasteiger partial charge < -0.3 is 19.8 Å². The molecule has 0 fully saturated rings. The van der Waals surface area contributed by atoms with Crippen LogP contribution in [-0.2, 0) is 20.9 Å². The maximum absolute atomic E-state index is 12.3. The van der Waals surface area contributed by atoms with E-state index < -0.39 is 11.8 Å². The molecule has 3 aromatic rings. The van der Waals surface area contributed by atoms with Gasteiger partial charge in [0, 0.05) is 15.7 Å². The van der Waals surface area contributed by atoms with Crippen molar-refractivity contribution in [2.24, 2.45) is 5.10 Å². The van der Waals surface area contributed by atoms with Crippen LogP contribution in [0.1, 0.15) is 22.5 Å². The number of aryl methyl sites for hydroxylation is 2. The Kier molecular flexibility index (Phi) is 8.58. The fourth-order valence-electron chi connectivity index (χ4n) is 3.01. The number of furan rings is 1. The molecule has 10 heteroatoms. The Hall–Kier alpha value is -3.92. The smallest absolute Gasteiger partial charge is 0.329 e. The minimum Gasteiger partial charge on any atom is -0.483 e. The van der Waals surface area contributed by atoms with Crippen molar-refractivity contribution in [2.75, 3.05) is 11.9 Å². The molecular formula is C24H23BrN4O5. The lowest BCUT2D eigenvalue weighted by Crippen LogP contribution is -2.37. The number of hydrogen-bond acceptors (Lipinski definition) is 6. The van der Waals surface area contributed by atoms with Crippen molar-refractivity contribution in [2.45, 2.75) is 20.4 Å². The zero-order valence-electron chi connectivity index (χ0n) is 18.6. The molecule has 0 atom stereocenters. The number of amides is 3. The summed E-state index contributed by atoms with van der Waals surface area (Å²) in [6.45, 7) is 3.76. The maximum atomic E-state index is 12.3. The topological polar surface area (TPSA) is 122 Å². The molecule has 0 aliphatic carbocycles. The molecule has 34 heavy (non-hydrogen) atoms. The van der Waals surface area contributed by atoms with Crippen molar-refractivity contribution >= 4 is 45.6 Å². The molecule has 0 aliphatic heterocycles. The number of hydrogen-bond donors (Lipinski definition) is 3. The molecule has 0 unspecified atom stereocenters. The van der Waals surface area contributed by atoms with E-state index in [4.69, 9.17) is 9.15 Å². The zero-order chi connectivity index (χ0) is 24.5. The highest BCUT2D eigenvalue weighted by molar-refractivity contribution is 9.10. The average Bonchev–Trinajstić information content (AvgIpc) is 3.30. The predicted octanol–water partition coefficient (Wildman–Crippen LogP) is 3.44. The summed E-state index contributed by atoms with van der Waals surface area (Å²) in [5.74, 6) is -1.23. The van der Waals surface area contributed by atoms with E-state index in [0.717, 1.165) is 15.6 Å². The quantitative estimate of drug-likeness (QED) is 0.235. The lowest BCUT2D eigenvalue weighted by molar-refractivity contribution is -0.139. The summed E-state index contributed by atoms with van der Waals surface area (Å²) in [5.41, 5.74) is 5.42. The minimum absolute atomic E-state index is 0.0801. The summed E-state index contributed by atoms with van der Waals surface area (Å²) in [7, 11) is 0. The highest BCUT2D eigenvalue weighted by Gasteiger charge is 2.13. The Morgan fingerprint density at radius 1 is 1.06 bits per heavy atom. The first kappa shape index (κ1) is 24.7. The van der Waals surface area contributed by atoms with Gasteiger partial charge in [0.2, 0.25) is 0 Å². The summed E-state index contributed by atoms with van der Waals surface area (Å²) in [6, 6.07) is 14.2. The van der Waals surface area contributed by atoms with E-state index in [0.29, 0.717) is 22.8 Å². The summed E-state index contributed by atoms with van der Waals surface area (Å²) in [6.07, 6.45) is 2.79. The van der Waals surface area contributed by atoms with Crippen LogP contribution in [0, 0.1) is 13.8 Å². The number of ether oxygens (including phenoxy) is 1. The minimum atomic E-state index is -0.937. The Morgan fingerprint density at radius 2 is 1.82 bits per heavy atom. The molecule has 3 amide bonds. The van der Waals surface area contributed by atoms with Crippen LogP contribution in [0.2, 0.25) is 0 Å². The van der Waals surface area contributed by atoms with Gasteiger partial charge in [0.15, 0.2) is 6.61 Å².